The number of aryl methyl sites for hydroxylation is 1. The van der Waals surface area contributed by atoms with Crippen LogP contribution in [0.2, 0.25) is 5.02 Å². The van der Waals surface area contributed by atoms with Crippen LogP contribution in [0.3, 0.4) is 0 Å². The molecule has 1 aliphatic heterocycles. The van der Waals surface area contributed by atoms with Gasteiger partial charge in [0.1, 0.15) is 17.3 Å². The lowest BCUT2D eigenvalue weighted by Crippen LogP contribution is -2.40. The van der Waals surface area contributed by atoms with E-state index in [1.54, 1.807) is 12.1 Å². The van der Waals surface area contributed by atoms with E-state index in [2.05, 4.69) is 24.5 Å². The van der Waals surface area contributed by atoms with Crippen LogP contribution in [0.25, 0.3) is 0 Å². The quantitative estimate of drug-likeness (QED) is 0.176. The Bertz CT molecular complexity index is 1090. The molecule has 3 N–H and O–H groups in total. The lowest BCUT2D eigenvalue weighted by Gasteiger charge is -2.30. The van der Waals surface area contributed by atoms with Crippen molar-refractivity contribution >= 4 is 29.1 Å². The highest BCUT2D eigenvalue weighted by atomic mass is 35.5. The number of hydrogen-bond acceptors (Lipinski definition) is 5. The van der Waals surface area contributed by atoms with Crippen molar-refractivity contribution in [1.82, 2.24) is 10.2 Å². The molecule has 9 heteroatoms. The largest absolute Gasteiger partial charge is 0.506 e. The van der Waals surface area contributed by atoms with Gasteiger partial charge in [0.25, 0.3) is 5.91 Å². The molecule has 214 valence electrons. The predicted molar refractivity (Wildman–Crippen MR) is 153 cm³/mol. The number of phenolic OH excluding ortho intramolecular Hbond substituents is 1. The molecule has 0 saturated heterocycles. The fraction of sp³-hybridized carbons (Fsp3) is 0.533. The third-order valence-corrected chi connectivity index (χ3v) is 7.25. The fourth-order valence-corrected chi connectivity index (χ4v) is 5.13. The van der Waals surface area contributed by atoms with Crippen LogP contribution in [0.1, 0.15) is 69.9 Å². The van der Waals surface area contributed by atoms with Gasteiger partial charge in [0.15, 0.2) is 12.4 Å². The molecule has 0 aliphatic carbocycles. The molecular formula is C30H41ClFN3O4. The van der Waals surface area contributed by atoms with Gasteiger partial charge in [-0.05, 0) is 81.0 Å². The molecule has 39 heavy (non-hydrogen) atoms. The topological polar surface area (TPSA) is 90.9 Å². The molecule has 2 aromatic rings. The van der Waals surface area contributed by atoms with Gasteiger partial charge in [-0.1, -0.05) is 43.9 Å². The molecule has 2 amide bonds. The average Bonchev–Trinajstić information content (AvgIpc) is 2.89. The number of phenols is 1. The Morgan fingerprint density at radius 1 is 1.18 bits per heavy atom. The van der Waals surface area contributed by atoms with E-state index in [1.165, 1.54) is 12.1 Å². The molecule has 0 aromatic heterocycles. The van der Waals surface area contributed by atoms with Crippen LogP contribution in [0.4, 0.5) is 10.1 Å². The molecule has 1 aliphatic rings. The van der Waals surface area contributed by atoms with Crippen molar-refractivity contribution in [2.24, 2.45) is 0 Å². The number of amides is 2. The maximum absolute atomic E-state index is 13.5. The summed E-state index contributed by atoms with van der Waals surface area (Å²) in [5, 5.41) is 16.4. The van der Waals surface area contributed by atoms with Gasteiger partial charge in [-0.15, -0.1) is 0 Å². The number of carbonyl (C=O) groups is 2. The fourth-order valence-electron chi connectivity index (χ4n) is 4.88. The monoisotopic (exact) mass is 561 g/mol. The Labute approximate surface area is 236 Å². The summed E-state index contributed by atoms with van der Waals surface area (Å²) in [4.78, 5) is 26.7. The summed E-state index contributed by atoms with van der Waals surface area (Å²) in [5.74, 6) is 0.0892. The average molecular weight is 562 g/mol. The van der Waals surface area contributed by atoms with Crippen molar-refractivity contribution in [3.63, 3.8) is 0 Å². The first-order chi connectivity index (χ1) is 18.8. The number of hydrogen-bond donors (Lipinski definition) is 3. The highest BCUT2D eigenvalue weighted by Crippen LogP contribution is 2.39. The number of nitrogens with zero attached hydrogens (tertiary/aromatic N) is 1. The first-order valence-corrected chi connectivity index (χ1v) is 14.4. The number of aromatic hydroxyl groups is 1. The van der Waals surface area contributed by atoms with E-state index < -0.39 is 0 Å². The molecule has 2 aromatic carbocycles. The van der Waals surface area contributed by atoms with Gasteiger partial charge in [-0.25, -0.2) is 4.39 Å². The zero-order chi connectivity index (χ0) is 28.2. The van der Waals surface area contributed by atoms with E-state index in [1.807, 2.05) is 11.0 Å². The van der Waals surface area contributed by atoms with Gasteiger partial charge in [0.2, 0.25) is 5.91 Å². The van der Waals surface area contributed by atoms with E-state index in [9.17, 15) is 19.1 Å². The minimum absolute atomic E-state index is 0.00451. The number of rotatable bonds is 16. The Balaban J connectivity index is 1.43. The minimum Gasteiger partial charge on any atom is -0.506 e. The van der Waals surface area contributed by atoms with E-state index in [0.29, 0.717) is 48.9 Å². The summed E-state index contributed by atoms with van der Waals surface area (Å²) in [6.07, 6.45) is 7.74. The summed E-state index contributed by atoms with van der Waals surface area (Å²) in [6, 6.07) is 8.14. The van der Waals surface area contributed by atoms with Gasteiger partial charge in [-0.3, -0.25) is 9.59 Å². The molecular weight excluding hydrogens is 521 g/mol. The minimum atomic E-state index is -0.339. The second kappa shape index (κ2) is 15.7. The number of benzene rings is 2. The number of fused-ring (bicyclic) bond motifs is 1. The summed E-state index contributed by atoms with van der Waals surface area (Å²) in [7, 11) is 0. The van der Waals surface area contributed by atoms with Crippen molar-refractivity contribution in [3.05, 3.63) is 52.3 Å². The van der Waals surface area contributed by atoms with Crippen molar-refractivity contribution in [1.29, 1.82) is 0 Å². The molecule has 0 saturated carbocycles. The molecule has 0 unspecified atom stereocenters. The summed E-state index contributed by atoms with van der Waals surface area (Å²) in [6.45, 7) is 6.17. The highest BCUT2D eigenvalue weighted by Gasteiger charge is 2.23. The molecule has 0 spiro atoms. The molecule has 0 fully saturated rings. The molecule has 7 nitrogen and oxygen atoms in total. The Hall–Kier alpha value is -2.84. The first-order valence-electron chi connectivity index (χ1n) is 14.0. The Kier molecular flexibility index (Phi) is 12.3. The van der Waals surface area contributed by atoms with E-state index >= 15 is 0 Å². The zero-order valence-electron chi connectivity index (χ0n) is 23.0. The van der Waals surface area contributed by atoms with Crippen molar-refractivity contribution < 1.29 is 23.8 Å². The predicted octanol–water partition coefficient (Wildman–Crippen LogP) is 5.86. The van der Waals surface area contributed by atoms with Crippen molar-refractivity contribution in [2.45, 2.75) is 77.7 Å². The van der Waals surface area contributed by atoms with Crippen LogP contribution in [-0.4, -0.2) is 54.1 Å². The summed E-state index contributed by atoms with van der Waals surface area (Å²) < 4.78 is 19.1. The molecule has 0 radical (unpaired) electrons. The zero-order valence-corrected chi connectivity index (χ0v) is 23.8. The number of ether oxygens (including phenoxy) is 1. The molecule has 1 atom stereocenters. The lowest BCUT2D eigenvalue weighted by molar-refractivity contribution is -0.133. The molecule has 1 heterocycles. The first kappa shape index (κ1) is 30.7. The van der Waals surface area contributed by atoms with Gasteiger partial charge in [0.05, 0.1) is 0 Å². The third kappa shape index (κ3) is 9.69. The van der Waals surface area contributed by atoms with Crippen LogP contribution in [0.15, 0.2) is 30.3 Å². The Morgan fingerprint density at radius 3 is 2.77 bits per heavy atom. The standard InChI is InChI=1S/C30H41ClFN3O4/c1-3-4-8-21(2)35(28(38)13-15-33-14-12-22-17-24(31)19-25(32)18-22)16-7-5-6-9-23-10-11-26(36)29-30(23)39-20-27(37)34-29/h10-11,17-19,21,33,36H,3-9,12-16,20H2,1-2H3,(H,34,37)/t21-/m1/s1. The maximum atomic E-state index is 13.5. The van der Waals surface area contributed by atoms with Gasteiger partial charge >= 0.3 is 0 Å². The van der Waals surface area contributed by atoms with E-state index in [4.69, 9.17) is 16.3 Å². The van der Waals surface area contributed by atoms with E-state index in [0.717, 1.165) is 56.1 Å². The number of unbranched alkanes of at least 4 members (excludes halogenated alkanes) is 3. The second-order valence-corrected chi connectivity index (χ2v) is 10.6. The van der Waals surface area contributed by atoms with Crippen molar-refractivity contribution in [2.75, 3.05) is 31.6 Å². The van der Waals surface area contributed by atoms with Crippen LogP contribution in [0.5, 0.6) is 11.5 Å². The van der Waals surface area contributed by atoms with Crippen LogP contribution in [0, 0.1) is 5.82 Å². The molecule has 3 rings (SSSR count). The smallest absolute Gasteiger partial charge is 0.262 e. The lowest BCUT2D eigenvalue weighted by atomic mass is 10.0. The number of nitrogens with one attached hydrogen (secondary N) is 2. The Morgan fingerprint density at radius 2 is 2.00 bits per heavy atom. The number of carbonyl (C=O) groups excluding carboxylic acids is 2. The highest BCUT2D eigenvalue weighted by molar-refractivity contribution is 6.30. The van der Waals surface area contributed by atoms with Crippen LogP contribution >= 0.6 is 11.6 Å². The molecule has 0 bridgehead atoms. The van der Waals surface area contributed by atoms with Gasteiger partial charge in [0, 0.05) is 30.6 Å². The normalized spacial score (nSPS) is 13.4. The van der Waals surface area contributed by atoms with Crippen LogP contribution in [-0.2, 0) is 22.4 Å². The van der Waals surface area contributed by atoms with E-state index in [-0.39, 0.29) is 36.0 Å². The maximum Gasteiger partial charge on any atom is 0.262 e. The second-order valence-electron chi connectivity index (χ2n) is 10.2. The van der Waals surface area contributed by atoms with Gasteiger partial charge in [-0.2, -0.15) is 0 Å². The summed E-state index contributed by atoms with van der Waals surface area (Å²) >= 11 is 5.92. The van der Waals surface area contributed by atoms with Gasteiger partial charge < -0.3 is 25.4 Å². The third-order valence-electron chi connectivity index (χ3n) is 7.03. The number of anilines is 1. The van der Waals surface area contributed by atoms with Crippen LogP contribution < -0.4 is 15.4 Å². The van der Waals surface area contributed by atoms with Crippen molar-refractivity contribution in [3.8, 4) is 11.5 Å². The SMILES string of the molecule is CCCC[C@@H](C)N(CCCCCc1ccc(O)c2c1OCC(=O)N2)C(=O)CCNCCc1cc(F)cc(Cl)c1. The number of halogens is 2. The summed E-state index contributed by atoms with van der Waals surface area (Å²) in [5.41, 5.74) is 2.13.